The number of nitrogens with zero attached hydrogens (tertiary/aromatic N) is 1. The first-order valence-electron chi connectivity index (χ1n) is 5.09. The van der Waals surface area contributed by atoms with E-state index in [0.717, 1.165) is 0 Å². The van der Waals surface area contributed by atoms with Crippen LogP contribution in [0.5, 0.6) is 0 Å². The zero-order chi connectivity index (χ0) is 11.6. The van der Waals surface area contributed by atoms with Gasteiger partial charge in [-0.3, -0.25) is 0 Å². The van der Waals surface area contributed by atoms with Crippen molar-refractivity contribution in [3.63, 3.8) is 0 Å². The molecule has 1 heterocycles. The molecule has 1 aliphatic heterocycles. The van der Waals surface area contributed by atoms with E-state index >= 15 is 0 Å². The van der Waals surface area contributed by atoms with Gasteiger partial charge >= 0.3 is 6.09 Å². The Balaban J connectivity index is 2.48. The van der Waals surface area contributed by atoms with Gasteiger partial charge in [0.1, 0.15) is 11.8 Å². The summed E-state index contributed by atoms with van der Waals surface area (Å²) in [6, 6.07) is 0. The van der Waals surface area contributed by atoms with Gasteiger partial charge in [-0.2, -0.15) is 12.6 Å². The molecule has 1 aliphatic rings. The number of likely N-dealkylation sites (tertiary alicyclic amines) is 1. The molecule has 2 atom stereocenters. The number of ether oxygens (including phenoxy) is 1. The molecular formula is C10H18FNO2S. The monoisotopic (exact) mass is 235 g/mol. The van der Waals surface area contributed by atoms with Crippen LogP contribution in [-0.2, 0) is 4.74 Å². The number of carbonyl (C=O) groups is 1. The molecule has 2 unspecified atom stereocenters. The Hall–Kier alpha value is -0.450. The van der Waals surface area contributed by atoms with Crippen LogP contribution in [0.3, 0.4) is 0 Å². The minimum atomic E-state index is -0.924. The second-order valence-electron chi connectivity index (χ2n) is 4.80. The van der Waals surface area contributed by atoms with Crippen molar-refractivity contribution in [2.45, 2.75) is 44.2 Å². The Labute approximate surface area is 95.4 Å². The first-order chi connectivity index (χ1) is 6.79. The van der Waals surface area contributed by atoms with Gasteiger partial charge in [-0.1, -0.05) is 0 Å². The summed E-state index contributed by atoms with van der Waals surface area (Å²) < 4.78 is 18.3. The van der Waals surface area contributed by atoms with Gasteiger partial charge in [0.05, 0.1) is 5.25 Å². The lowest BCUT2D eigenvalue weighted by atomic mass is 10.1. The Morgan fingerprint density at radius 3 is 2.60 bits per heavy atom. The van der Waals surface area contributed by atoms with E-state index in [0.29, 0.717) is 19.5 Å². The summed E-state index contributed by atoms with van der Waals surface area (Å²) in [6.45, 7) is 6.16. The van der Waals surface area contributed by atoms with E-state index in [-0.39, 0.29) is 6.09 Å². The normalized spacial score (nSPS) is 27.7. The van der Waals surface area contributed by atoms with Gasteiger partial charge in [0.15, 0.2) is 0 Å². The molecule has 88 valence electrons. The largest absolute Gasteiger partial charge is 0.444 e. The van der Waals surface area contributed by atoms with Crippen molar-refractivity contribution in [3.05, 3.63) is 0 Å². The molecule has 5 heteroatoms. The van der Waals surface area contributed by atoms with Crippen LogP contribution in [0.25, 0.3) is 0 Å². The number of alkyl halides is 1. The van der Waals surface area contributed by atoms with Crippen LogP contribution in [0, 0.1) is 0 Å². The average Bonchev–Trinajstić information content (AvgIpc) is 2.06. The second-order valence-corrected chi connectivity index (χ2v) is 5.46. The summed E-state index contributed by atoms with van der Waals surface area (Å²) in [6.07, 6.45) is -0.964. The third-order valence-electron chi connectivity index (χ3n) is 2.15. The number of amides is 1. The third kappa shape index (κ3) is 3.89. The van der Waals surface area contributed by atoms with Crippen molar-refractivity contribution in [2.24, 2.45) is 0 Å². The average molecular weight is 235 g/mol. The van der Waals surface area contributed by atoms with Crippen molar-refractivity contribution < 1.29 is 13.9 Å². The number of thiol groups is 1. The molecule has 0 N–H and O–H groups in total. The highest BCUT2D eigenvalue weighted by Crippen LogP contribution is 2.20. The van der Waals surface area contributed by atoms with Gasteiger partial charge in [-0.25, -0.2) is 9.18 Å². The SMILES string of the molecule is CC(C)(C)OC(=O)N1CCC(F)C(S)C1. The van der Waals surface area contributed by atoms with E-state index in [9.17, 15) is 9.18 Å². The predicted molar refractivity (Wildman–Crippen MR) is 60.1 cm³/mol. The highest BCUT2D eigenvalue weighted by Gasteiger charge is 2.31. The molecule has 1 saturated heterocycles. The number of hydrogen-bond acceptors (Lipinski definition) is 3. The van der Waals surface area contributed by atoms with Crippen LogP contribution in [0.2, 0.25) is 0 Å². The molecule has 3 nitrogen and oxygen atoms in total. The van der Waals surface area contributed by atoms with Crippen LogP contribution in [0.1, 0.15) is 27.2 Å². The smallest absolute Gasteiger partial charge is 0.410 e. The maximum absolute atomic E-state index is 13.1. The van der Waals surface area contributed by atoms with Crippen molar-refractivity contribution in [3.8, 4) is 0 Å². The summed E-state index contributed by atoms with van der Waals surface area (Å²) in [4.78, 5) is 13.1. The van der Waals surface area contributed by atoms with Gasteiger partial charge < -0.3 is 9.64 Å². The zero-order valence-corrected chi connectivity index (χ0v) is 10.3. The van der Waals surface area contributed by atoms with Gasteiger partial charge in [0.25, 0.3) is 0 Å². The lowest BCUT2D eigenvalue weighted by Gasteiger charge is -2.34. The molecule has 0 spiro atoms. The topological polar surface area (TPSA) is 29.5 Å². The van der Waals surface area contributed by atoms with Crippen LogP contribution in [0.4, 0.5) is 9.18 Å². The summed E-state index contributed by atoms with van der Waals surface area (Å²) in [5.41, 5.74) is -0.504. The quantitative estimate of drug-likeness (QED) is 0.653. The molecule has 1 rings (SSSR count). The molecule has 1 fully saturated rings. The summed E-state index contributed by atoms with van der Waals surface area (Å²) in [5.74, 6) is 0. The van der Waals surface area contributed by atoms with E-state index in [2.05, 4.69) is 12.6 Å². The summed E-state index contributed by atoms with van der Waals surface area (Å²) in [7, 11) is 0. The number of piperidine rings is 1. The first kappa shape index (κ1) is 12.6. The molecule has 0 radical (unpaired) electrons. The lowest BCUT2D eigenvalue weighted by Crippen LogP contribution is -2.47. The fourth-order valence-electron chi connectivity index (χ4n) is 1.40. The van der Waals surface area contributed by atoms with Crippen molar-refractivity contribution in [1.29, 1.82) is 0 Å². The van der Waals surface area contributed by atoms with Crippen molar-refractivity contribution in [1.82, 2.24) is 4.90 Å². The molecule has 0 aromatic rings. The Morgan fingerprint density at radius 1 is 1.53 bits per heavy atom. The maximum atomic E-state index is 13.1. The predicted octanol–water partition coefficient (Wildman–Crippen LogP) is 2.26. The van der Waals surface area contributed by atoms with Gasteiger partial charge in [0, 0.05) is 13.1 Å². The van der Waals surface area contributed by atoms with Crippen LogP contribution < -0.4 is 0 Å². The van der Waals surface area contributed by atoms with Crippen LogP contribution in [-0.4, -0.2) is 41.1 Å². The van der Waals surface area contributed by atoms with E-state index < -0.39 is 17.0 Å². The number of halogens is 1. The van der Waals surface area contributed by atoms with Crippen molar-refractivity contribution in [2.75, 3.05) is 13.1 Å². The van der Waals surface area contributed by atoms with Crippen molar-refractivity contribution >= 4 is 18.7 Å². The zero-order valence-electron chi connectivity index (χ0n) is 9.36. The van der Waals surface area contributed by atoms with Gasteiger partial charge in [0.2, 0.25) is 0 Å². The molecule has 0 aliphatic carbocycles. The molecule has 0 aromatic carbocycles. The molecule has 0 bridgehead atoms. The van der Waals surface area contributed by atoms with E-state index in [1.807, 2.05) is 20.8 Å². The minimum Gasteiger partial charge on any atom is -0.444 e. The molecular weight excluding hydrogens is 217 g/mol. The molecule has 15 heavy (non-hydrogen) atoms. The standard InChI is InChI=1S/C10H18FNO2S/c1-10(2,3)14-9(13)12-5-4-7(11)8(15)6-12/h7-8,15H,4-6H2,1-3H3. The highest BCUT2D eigenvalue weighted by atomic mass is 32.1. The Bertz CT molecular complexity index is 242. The molecule has 0 aromatic heterocycles. The second kappa shape index (κ2) is 4.60. The minimum absolute atomic E-state index is 0.319. The Kier molecular flexibility index (Phi) is 3.87. The van der Waals surface area contributed by atoms with Crippen LogP contribution in [0.15, 0.2) is 0 Å². The molecule has 1 amide bonds. The fourth-order valence-corrected chi connectivity index (χ4v) is 1.74. The summed E-state index contributed by atoms with van der Waals surface area (Å²) >= 11 is 4.10. The third-order valence-corrected chi connectivity index (χ3v) is 2.64. The Morgan fingerprint density at radius 2 is 2.13 bits per heavy atom. The lowest BCUT2D eigenvalue weighted by molar-refractivity contribution is 0.0177. The number of hydrogen-bond donors (Lipinski definition) is 1. The number of rotatable bonds is 0. The summed E-state index contributed by atoms with van der Waals surface area (Å²) in [5, 5.41) is -0.397. The fraction of sp³-hybridized carbons (Fsp3) is 0.900. The number of carbonyl (C=O) groups excluding carboxylic acids is 1. The van der Waals surface area contributed by atoms with Crippen LogP contribution >= 0.6 is 12.6 Å². The molecule has 0 saturated carbocycles. The first-order valence-corrected chi connectivity index (χ1v) is 5.61. The van der Waals surface area contributed by atoms with Gasteiger partial charge in [-0.05, 0) is 27.2 Å². The van der Waals surface area contributed by atoms with E-state index in [1.165, 1.54) is 4.90 Å². The van der Waals surface area contributed by atoms with Gasteiger partial charge in [-0.15, -0.1) is 0 Å². The van der Waals surface area contributed by atoms with E-state index in [1.54, 1.807) is 0 Å². The van der Waals surface area contributed by atoms with E-state index in [4.69, 9.17) is 4.74 Å². The highest BCUT2D eigenvalue weighted by molar-refractivity contribution is 7.81. The maximum Gasteiger partial charge on any atom is 0.410 e.